The Morgan fingerprint density at radius 3 is 2.79 bits per heavy atom. The Kier molecular flexibility index (Phi) is 4.31. The topological polar surface area (TPSA) is 93.4 Å². The molecule has 6 nitrogen and oxygen atoms in total. The van der Waals surface area contributed by atoms with Crippen LogP contribution >= 0.6 is 0 Å². The summed E-state index contributed by atoms with van der Waals surface area (Å²) in [5, 5.41) is 6.13. The fraction of sp³-hybridized carbons (Fsp3) is 0.412. The Hall–Kier alpha value is -1.99. The molecule has 24 heavy (non-hydrogen) atoms. The normalized spacial score (nSPS) is 18.3. The van der Waals surface area contributed by atoms with E-state index in [1.807, 2.05) is 38.1 Å². The van der Waals surface area contributed by atoms with Crippen LogP contribution in [0.3, 0.4) is 0 Å². The average Bonchev–Trinajstić information content (AvgIpc) is 2.91. The molecule has 0 aliphatic carbocycles. The van der Waals surface area contributed by atoms with Crippen molar-refractivity contribution in [2.45, 2.75) is 20.3 Å². The highest BCUT2D eigenvalue weighted by molar-refractivity contribution is 7.89. The number of benzene rings is 1. The van der Waals surface area contributed by atoms with Crippen molar-refractivity contribution in [3.05, 3.63) is 41.1 Å². The number of hydrogen-bond donors (Lipinski definition) is 1. The van der Waals surface area contributed by atoms with Crippen LogP contribution in [-0.2, 0) is 10.0 Å². The van der Waals surface area contributed by atoms with Gasteiger partial charge < -0.3 is 4.90 Å². The number of carbonyl (C=O) groups is 1. The van der Waals surface area contributed by atoms with Crippen LogP contribution in [0.25, 0.3) is 10.9 Å². The summed E-state index contributed by atoms with van der Waals surface area (Å²) in [4.78, 5) is 18.9. The number of hydrogen-bond acceptors (Lipinski definition) is 4. The summed E-state index contributed by atoms with van der Waals surface area (Å²) in [6.45, 7) is 4.93. The van der Waals surface area contributed by atoms with Crippen molar-refractivity contribution in [3.8, 4) is 0 Å². The van der Waals surface area contributed by atoms with E-state index in [0.717, 1.165) is 22.2 Å². The Morgan fingerprint density at radius 1 is 1.33 bits per heavy atom. The van der Waals surface area contributed by atoms with Crippen LogP contribution < -0.4 is 5.14 Å². The van der Waals surface area contributed by atoms with Gasteiger partial charge in [0.1, 0.15) is 0 Å². The van der Waals surface area contributed by atoms with E-state index in [0.29, 0.717) is 25.1 Å². The number of aryl methyl sites for hydroxylation is 2. The predicted octanol–water partition coefficient (Wildman–Crippen LogP) is 1.60. The third-order valence-corrected chi connectivity index (χ3v) is 5.37. The van der Waals surface area contributed by atoms with E-state index in [9.17, 15) is 13.2 Å². The predicted molar refractivity (Wildman–Crippen MR) is 93.2 cm³/mol. The monoisotopic (exact) mass is 347 g/mol. The van der Waals surface area contributed by atoms with Crippen LogP contribution in [0.1, 0.15) is 28.0 Å². The highest BCUT2D eigenvalue weighted by Gasteiger charge is 2.29. The Bertz CT molecular complexity index is 909. The first kappa shape index (κ1) is 16.9. The van der Waals surface area contributed by atoms with Gasteiger partial charge in [-0.3, -0.25) is 9.78 Å². The van der Waals surface area contributed by atoms with E-state index in [2.05, 4.69) is 4.98 Å². The SMILES string of the molecule is Cc1cc(C)c2ccc(C(=O)N3CC[C@@H](CS(N)(=O)=O)C3)cc2n1. The molecule has 0 radical (unpaired) electrons. The number of sulfonamides is 1. The fourth-order valence-electron chi connectivity index (χ4n) is 3.37. The second kappa shape index (κ2) is 6.14. The molecule has 1 fully saturated rings. The minimum absolute atomic E-state index is 0.0750. The molecule has 1 atom stereocenters. The first-order valence-corrected chi connectivity index (χ1v) is 9.62. The zero-order valence-corrected chi connectivity index (χ0v) is 14.6. The number of pyridine rings is 1. The zero-order chi connectivity index (χ0) is 17.5. The lowest BCUT2D eigenvalue weighted by molar-refractivity contribution is 0.0788. The van der Waals surface area contributed by atoms with Gasteiger partial charge in [0.25, 0.3) is 5.91 Å². The molecule has 7 heteroatoms. The molecule has 128 valence electrons. The minimum Gasteiger partial charge on any atom is -0.338 e. The van der Waals surface area contributed by atoms with Crippen LogP contribution in [0.5, 0.6) is 0 Å². The maximum atomic E-state index is 12.7. The number of carbonyl (C=O) groups excluding carboxylic acids is 1. The molecule has 0 saturated carbocycles. The van der Waals surface area contributed by atoms with Gasteiger partial charge in [-0.1, -0.05) is 6.07 Å². The second-order valence-corrected chi connectivity index (χ2v) is 8.21. The van der Waals surface area contributed by atoms with Gasteiger partial charge in [0.15, 0.2) is 0 Å². The molecule has 1 aromatic heterocycles. The van der Waals surface area contributed by atoms with Crippen molar-refractivity contribution in [2.75, 3.05) is 18.8 Å². The molecular weight excluding hydrogens is 326 g/mol. The number of fused-ring (bicyclic) bond motifs is 1. The molecule has 1 saturated heterocycles. The maximum Gasteiger partial charge on any atom is 0.253 e. The molecule has 0 spiro atoms. The Morgan fingerprint density at radius 2 is 2.08 bits per heavy atom. The van der Waals surface area contributed by atoms with Gasteiger partial charge in [0, 0.05) is 29.7 Å². The summed E-state index contributed by atoms with van der Waals surface area (Å²) < 4.78 is 22.4. The van der Waals surface area contributed by atoms with Gasteiger partial charge >= 0.3 is 0 Å². The highest BCUT2D eigenvalue weighted by Crippen LogP contribution is 2.23. The summed E-state index contributed by atoms with van der Waals surface area (Å²) in [6, 6.07) is 7.55. The molecule has 2 N–H and O–H groups in total. The van der Waals surface area contributed by atoms with Crippen molar-refractivity contribution in [1.29, 1.82) is 0 Å². The lowest BCUT2D eigenvalue weighted by Gasteiger charge is -2.17. The lowest BCUT2D eigenvalue weighted by atomic mass is 10.1. The summed E-state index contributed by atoms with van der Waals surface area (Å²) >= 11 is 0. The first-order valence-electron chi connectivity index (χ1n) is 7.91. The lowest BCUT2D eigenvalue weighted by Crippen LogP contribution is -2.30. The molecule has 1 amide bonds. The number of aromatic nitrogens is 1. The molecule has 1 aromatic carbocycles. The number of nitrogens with zero attached hydrogens (tertiary/aromatic N) is 2. The number of amides is 1. The van der Waals surface area contributed by atoms with Crippen molar-refractivity contribution >= 4 is 26.8 Å². The van der Waals surface area contributed by atoms with Crippen LogP contribution in [0.2, 0.25) is 0 Å². The Labute approximate surface area is 141 Å². The van der Waals surface area contributed by atoms with Crippen LogP contribution in [-0.4, -0.2) is 43.1 Å². The van der Waals surface area contributed by atoms with Gasteiger partial charge in [-0.2, -0.15) is 0 Å². The van der Waals surface area contributed by atoms with Gasteiger partial charge in [0.2, 0.25) is 10.0 Å². The van der Waals surface area contributed by atoms with Gasteiger partial charge in [-0.25, -0.2) is 13.6 Å². The smallest absolute Gasteiger partial charge is 0.253 e. The Balaban J connectivity index is 1.82. The number of likely N-dealkylation sites (tertiary alicyclic amines) is 1. The number of nitrogens with two attached hydrogens (primary N) is 1. The number of rotatable bonds is 3. The maximum absolute atomic E-state index is 12.7. The molecule has 1 aliphatic heterocycles. The molecule has 0 unspecified atom stereocenters. The summed E-state index contributed by atoms with van der Waals surface area (Å²) in [5.41, 5.74) is 3.43. The molecule has 1 aliphatic rings. The third-order valence-electron chi connectivity index (χ3n) is 4.43. The van der Waals surface area contributed by atoms with E-state index in [4.69, 9.17) is 5.14 Å². The van der Waals surface area contributed by atoms with E-state index in [-0.39, 0.29) is 17.6 Å². The van der Waals surface area contributed by atoms with E-state index >= 15 is 0 Å². The standard InChI is InChI=1S/C17H21N3O3S/c1-11-7-12(2)19-16-8-14(3-4-15(11)16)17(21)20-6-5-13(9-20)10-24(18,22)23/h3-4,7-8,13H,5-6,9-10H2,1-2H3,(H2,18,22,23)/t13-/m1/s1. The van der Waals surface area contributed by atoms with Crippen LogP contribution in [0.15, 0.2) is 24.3 Å². The summed E-state index contributed by atoms with van der Waals surface area (Å²) in [5.74, 6) is -0.254. The van der Waals surface area contributed by atoms with E-state index in [1.54, 1.807) is 4.90 Å². The van der Waals surface area contributed by atoms with Crippen molar-refractivity contribution in [1.82, 2.24) is 9.88 Å². The first-order chi connectivity index (χ1) is 11.2. The third kappa shape index (κ3) is 3.57. The summed E-state index contributed by atoms with van der Waals surface area (Å²) in [7, 11) is -3.51. The highest BCUT2D eigenvalue weighted by atomic mass is 32.2. The molecule has 2 aromatic rings. The quantitative estimate of drug-likeness (QED) is 0.912. The van der Waals surface area contributed by atoms with Gasteiger partial charge in [-0.15, -0.1) is 0 Å². The van der Waals surface area contributed by atoms with Crippen molar-refractivity contribution in [3.63, 3.8) is 0 Å². The second-order valence-electron chi connectivity index (χ2n) is 6.55. The summed E-state index contributed by atoms with van der Waals surface area (Å²) in [6.07, 6.45) is 0.659. The zero-order valence-electron chi connectivity index (χ0n) is 13.8. The molecule has 0 bridgehead atoms. The fourth-order valence-corrected chi connectivity index (χ4v) is 4.30. The van der Waals surface area contributed by atoms with Gasteiger partial charge in [0.05, 0.1) is 11.3 Å². The van der Waals surface area contributed by atoms with Crippen molar-refractivity contribution < 1.29 is 13.2 Å². The van der Waals surface area contributed by atoms with Crippen LogP contribution in [0.4, 0.5) is 0 Å². The average molecular weight is 347 g/mol. The molecule has 2 heterocycles. The minimum atomic E-state index is -3.51. The molecular formula is C17H21N3O3S. The van der Waals surface area contributed by atoms with Crippen LogP contribution in [0, 0.1) is 19.8 Å². The largest absolute Gasteiger partial charge is 0.338 e. The number of primary sulfonamides is 1. The van der Waals surface area contributed by atoms with Gasteiger partial charge in [-0.05, 0) is 49.9 Å². The van der Waals surface area contributed by atoms with E-state index in [1.165, 1.54) is 0 Å². The van der Waals surface area contributed by atoms with Crippen molar-refractivity contribution in [2.24, 2.45) is 11.1 Å². The van der Waals surface area contributed by atoms with E-state index < -0.39 is 10.0 Å². The molecule has 3 rings (SSSR count).